The second-order valence-electron chi connectivity index (χ2n) is 3.56. The zero-order valence-corrected chi connectivity index (χ0v) is 12.6. The van der Waals surface area contributed by atoms with Gasteiger partial charge in [0.05, 0.1) is 9.30 Å². The van der Waals surface area contributed by atoms with E-state index in [2.05, 4.69) is 31.9 Å². The Morgan fingerprint density at radius 2 is 1.71 bits per heavy atom. The average Bonchev–Trinajstić information content (AvgIpc) is 2.33. The Bertz CT molecular complexity index is 525. The molecule has 0 amide bonds. The Morgan fingerprint density at radius 3 is 2.35 bits per heavy atom. The van der Waals surface area contributed by atoms with Crippen LogP contribution in [0.15, 0.2) is 46.9 Å². The first kappa shape index (κ1) is 13.1. The van der Waals surface area contributed by atoms with Crippen LogP contribution in [0.4, 0.5) is 4.39 Å². The second kappa shape index (κ2) is 5.51. The first-order valence-electron chi connectivity index (χ1n) is 4.93. The van der Waals surface area contributed by atoms with Gasteiger partial charge in [-0.25, -0.2) is 4.39 Å². The monoisotopic (exact) mass is 376 g/mol. The second-order valence-corrected chi connectivity index (χ2v) is 5.76. The molecule has 0 nitrogen and oxygen atoms in total. The molecule has 0 N–H and O–H groups in total. The quantitative estimate of drug-likeness (QED) is 0.586. The molecular formula is C13H8Br2ClF. The molecule has 0 radical (unpaired) electrons. The molecule has 1 atom stereocenters. The van der Waals surface area contributed by atoms with Gasteiger partial charge in [-0.05, 0) is 39.7 Å². The lowest BCUT2D eigenvalue weighted by molar-refractivity contribution is 0.607. The van der Waals surface area contributed by atoms with Crippen molar-refractivity contribution >= 4 is 43.5 Å². The molecule has 0 aliphatic carbocycles. The number of benzene rings is 2. The van der Waals surface area contributed by atoms with Crippen molar-refractivity contribution in [2.24, 2.45) is 0 Å². The number of hydrogen-bond acceptors (Lipinski definition) is 0. The number of alkyl halides is 1. The minimum Gasteiger partial charge on any atom is -0.205 e. The Balaban J connectivity index is 2.40. The predicted octanol–water partition coefficient (Wildman–Crippen LogP) is 5.73. The number of hydrogen-bond donors (Lipinski definition) is 0. The van der Waals surface area contributed by atoms with E-state index in [0.717, 1.165) is 5.56 Å². The summed E-state index contributed by atoms with van der Waals surface area (Å²) in [5.41, 5.74) is 1.56. The molecule has 0 aliphatic rings. The van der Waals surface area contributed by atoms with Crippen molar-refractivity contribution in [3.05, 3.63) is 68.9 Å². The summed E-state index contributed by atoms with van der Waals surface area (Å²) in [4.78, 5) is -0.183. The molecule has 0 aromatic heterocycles. The summed E-state index contributed by atoms with van der Waals surface area (Å²) < 4.78 is 14.4. The van der Waals surface area contributed by atoms with Crippen molar-refractivity contribution in [1.82, 2.24) is 0 Å². The van der Waals surface area contributed by atoms with E-state index in [-0.39, 0.29) is 10.6 Å². The van der Waals surface area contributed by atoms with Crippen molar-refractivity contribution in [2.45, 2.75) is 4.83 Å². The topological polar surface area (TPSA) is 0 Å². The fourth-order valence-electron chi connectivity index (χ4n) is 1.53. The highest BCUT2D eigenvalue weighted by Gasteiger charge is 2.16. The molecule has 0 spiro atoms. The molecule has 1 unspecified atom stereocenters. The minimum atomic E-state index is -0.246. The van der Waals surface area contributed by atoms with Crippen LogP contribution >= 0.6 is 43.5 Å². The standard InChI is InChI=1S/C13H8Br2ClF/c14-11-3-1-2-10(13(11)17)12(15)8-4-6-9(16)7-5-8/h1-7,12H. The molecule has 0 saturated carbocycles. The third-order valence-corrected chi connectivity index (χ3v) is 4.30. The van der Waals surface area contributed by atoms with E-state index in [4.69, 9.17) is 11.6 Å². The van der Waals surface area contributed by atoms with Crippen molar-refractivity contribution in [3.8, 4) is 0 Å². The average molecular weight is 378 g/mol. The molecule has 0 saturated heterocycles. The van der Waals surface area contributed by atoms with Crippen molar-refractivity contribution in [2.75, 3.05) is 0 Å². The Kier molecular flexibility index (Phi) is 4.23. The van der Waals surface area contributed by atoms with Gasteiger partial charge in [0, 0.05) is 10.6 Å². The smallest absolute Gasteiger partial charge is 0.142 e. The maximum absolute atomic E-state index is 13.9. The maximum atomic E-state index is 13.9. The highest BCUT2D eigenvalue weighted by Crippen LogP contribution is 2.34. The highest BCUT2D eigenvalue weighted by atomic mass is 79.9. The highest BCUT2D eigenvalue weighted by molar-refractivity contribution is 9.10. The Labute approximate surface area is 121 Å². The van der Waals surface area contributed by atoms with Crippen LogP contribution in [0.25, 0.3) is 0 Å². The lowest BCUT2D eigenvalue weighted by Crippen LogP contribution is -1.97. The van der Waals surface area contributed by atoms with Crippen LogP contribution in [0, 0.1) is 5.82 Å². The van der Waals surface area contributed by atoms with Gasteiger partial charge in [-0.3, -0.25) is 0 Å². The van der Waals surface area contributed by atoms with E-state index < -0.39 is 0 Å². The maximum Gasteiger partial charge on any atom is 0.142 e. The third kappa shape index (κ3) is 2.90. The van der Waals surface area contributed by atoms with E-state index in [1.165, 1.54) is 0 Å². The molecule has 0 fully saturated rings. The van der Waals surface area contributed by atoms with Gasteiger partial charge in [-0.2, -0.15) is 0 Å². The molecule has 2 rings (SSSR count). The first-order chi connectivity index (χ1) is 8.09. The summed E-state index contributed by atoms with van der Waals surface area (Å²) in [6, 6.07) is 12.6. The van der Waals surface area contributed by atoms with Crippen LogP contribution in [0.5, 0.6) is 0 Å². The van der Waals surface area contributed by atoms with Gasteiger partial charge in [0.25, 0.3) is 0 Å². The summed E-state index contributed by atoms with van der Waals surface area (Å²) in [7, 11) is 0. The Hall–Kier alpha value is -0.380. The summed E-state index contributed by atoms with van der Waals surface area (Å²) in [5.74, 6) is -0.246. The van der Waals surface area contributed by atoms with Crippen molar-refractivity contribution in [1.29, 1.82) is 0 Å². The lowest BCUT2D eigenvalue weighted by atomic mass is 10.0. The fourth-order valence-corrected chi connectivity index (χ4v) is 2.69. The summed E-state index contributed by atoms with van der Waals surface area (Å²) >= 11 is 12.5. The van der Waals surface area contributed by atoms with Crippen LogP contribution in [0.1, 0.15) is 16.0 Å². The molecular weight excluding hydrogens is 370 g/mol. The number of halogens is 4. The first-order valence-corrected chi connectivity index (χ1v) is 7.01. The van der Waals surface area contributed by atoms with Gasteiger partial charge >= 0.3 is 0 Å². The van der Waals surface area contributed by atoms with Gasteiger partial charge in [-0.1, -0.05) is 51.8 Å². The summed E-state index contributed by atoms with van der Waals surface area (Å²) in [6.07, 6.45) is 0. The van der Waals surface area contributed by atoms with E-state index in [9.17, 15) is 4.39 Å². The van der Waals surface area contributed by atoms with Gasteiger partial charge < -0.3 is 0 Å². The SMILES string of the molecule is Fc1c(Br)cccc1C(Br)c1ccc(Cl)cc1. The number of rotatable bonds is 2. The predicted molar refractivity (Wildman–Crippen MR) is 76.3 cm³/mol. The fraction of sp³-hybridized carbons (Fsp3) is 0.0769. The van der Waals surface area contributed by atoms with Gasteiger partial charge in [0.2, 0.25) is 0 Å². The van der Waals surface area contributed by atoms with Crippen LogP contribution < -0.4 is 0 Å². The van der Waals surface area contributed by atoms with E-state index in [1.807, 2.05) is 18.2 Å². The molecule has 0 bridgehead atoms. The van der Waals surface area contributed by atoms with Gasteiger partial charge in [-0.15, -0.1) is 0 Å². The third-order valence-electron chi connectivity index (χ3n) is 2.42. The molecule has 2 aromatic rings. The molecule has 0 aliphatic heterocycles. The summed E-state index contributed by atoms with van der Waals surface area (Å²) in [6.45, 7) is 0. The Morgan fingerprint density at radius 1 is 1.06 bits per heavy atom. The largest absolute Gasteiger partial charge is 0.205 e. The lowest BCUT2D eigenvalue weighted by Gasteiger charge is -2.12. The van der Waals surface area contributed by atoms with E-state index >= 15 is 0 Å². The van der Waals surface area contributed by atoms with Crippen LogP contribution in [0.2, 0.25) is 5.02 Å². The zero-order chi connectivity index (χ0) is 12.4. The van der Waals surface area contributed by atoms with Crippen molar-refractivity contribution < 1.29 is 4.39 Å². The summed E-state index contributed by atoms with van der Waals surface area (Å²) in [5, 5.41) is 0.670. The van der Waals surface area contributed by atoms with E-state index in [1.54, 1.807) is 24.3 Å². The van der Waals surface area contributed by atoms with Crippen LogP contribution in [0.3, 0.4) is 0 Å². The zero-order valence-electron chi connectivity index (χ0n) is 8.63. The minimum absolute atomic E-state index is 0.183. The van der Waals surface area contributed by atoms with Crippen LogP contribution in [-0.4, -0.2) is 0 Å². The molecule has 0 heterocycles. The molecule has 4 heteroatoms. The normalized spacial score (nSPS) is 12.5. The van der Waals surface area contributed by atoms with E-state index in [0.29, 0.717) is 15.1 Å². The van der Waals surface area contributed by atoms with Crippen molar-refractivity contribution in [3.63, 3.8) is 0 Å². The molecule has 17 heavy (non-hydrogen) atoms. The van der Waals surface area contributed by atoms with Crippen LogP contribution in [-0.2, 0) is 0 Å². The molecule has 2 aromatic carbocycles. The van der Waals surface area contributed by atoms with Gasteiger partial charge in [0.15, 0.2) is 0 Å². The van der Waals surface area contributed by atoms with Gasteiger partial charge in [0.1, 0.15) is 5.82 Å². The molecule has 88 valence electrons.